The fourth-order valence-electron chi connectivity index (χ4n) is 5.01. The minimum atomic E-state index is -3.71. The summed E-state index contributed by atoms with van der Waals surface area (Å²) < 4.78 is 33.6. The lowest BCUT2D eigenvalue weighted by Crippen LogP contribution is -2.33. The van der Waals surface area contributed by atoms with Crippen LogP contribution in [-0.4, -0.2) is 49.6 Å². The van der Waals surface area contributed by atoms with E-state index >= 15 is 0 Å². The number of hydrogen-bond donors (Lipinski definition) is 0. The Morgan fingerprint density at radius 3 is 2.10 bits per heavy atom. The highest BCUT2D eigenvalue weighted by atomic mass is 32.2. The fraction of sp³-hybridized carbons (Fsp3) is 0.636. The Morgan fingerprint density at radius 1 is 0.933 bits per heavy atom. The number of amides is 2. The number of imide groups is 1. The minimum Gasteiger partial charge on any atom is -0.495 e. The van der Waals surface area contributed by atoms with Gasteiger partial charge in [0.05, 0.1) is 25.5 Å². The number of carbonyl (C=O) groups excluding carboxylic acids is 2. The van der Waals surface area contributed by atoms with Crippen molar-refractivity contribution in [1.82, 2.24) is 9.21 Å². The Labute approximate surface area is 178 Å². The Kier molecular flexibility index (Phi) is 6.16. The van der Waals surface area contributed by atoms with E-state index in [9.17, 15) is 18.0 Å². The van der Waals surface area contributed by atoms with Crippen LogP contribution in [0.5, 0.6) is 5.75 Å². The average Bonchev–Trinajstić information content (AvgIpc) is 2.95. The molecular formula is C22H30N2O5S. The molecular weight excluding hydrogens is 404 g/mol. The molecule has 3 fully saturated rings. The highest BCUT2D eigenvalue weighted by Gasteiger charge is 2.48. The number of benzene rings is 1. The lowest BCUT2D eigenvalue weighted by molar-refractivity contribution is -0.140. The molecule has 0 bridgehead atoms. The van der Waals surface area contributed by atoms with Crippen LogP contribution in [0.4, 0.5) is 0 Å². The summed E-state index contributed by atoms with van der Waals surface area (Å²) in [5, 5.41) is 0. The quantitative estimate of drug-likeness (QED) is 0.666. The molecule has 0 spiro atoms. The molecule has 2 heterocycles. The van der Waals surface area contributed by atoms with Crippen molar-refractivity contribution >= 4 is 21.8 Å². The van der Waals surface area contributed by atoms with Crippen LogP contribution in [-0.2, 0) is 26.2 Å². The van der Waals surface area contributed by atoms with E-state index in [1.54, 1.807) is 18.2 Å². The summed E-state index contributed by atoms with van der Waals surface area (Å²) in [7, 11) is -2.26. The van der Waals surface area contributed by atoms with Crippen molar-refractivity contribution in [2.45, 2.75) is 62.8 Å². The molecule has 0 radical (unpaired) electrons. The lowest BCUT2D eigenvalue weighted by Gasteiger charge is -2.22. The third kappa shape index (κ3) is 3.87. The standard InChI is InChI=1S/C22H30N2O5S/c1-29-19-11-10-16(14-20(19)30(27,28)23-12-6-2-3-7-13-23)15-24-21(25)17-8-4-5-9-18(17)22(24)26/h10-11,14,17-18H,2-9,12-13,15H2,1H3/t17-,18-/m0/s1. The summed E-state index contributed by atoms with van der Waals surface area (Å²) in [6, 6.07) is 4.93. The maximum absolute atomic E-state index is 13.3. The molecule has 1 saturated carbocycles. The number of hydrogen-bond acceptors (Lipinski definition) is 5. The molecule has 2 atom stereocenters. The maximum atomic E-state index is 13.3. The number of carbonyl (C=O) groups is 2. The third-order valence-electron chi connectivity index (χ3n) is 6.68. The van der Waals surface area contributed by atoms with Crippen LogP contribution in [0.3, 0.4) is 0 Å². The van der Waals surface area contributed by atoms with Gasteiger partial charge in [-0.1, -0.05) is 31.7 Å². The monoisotopic (exact) mass is 434 g/mol. The number of sulfonamides is 1. The van der Waals surface area contributed by atoms with E-state index in [-0.39, 0.29) is 40.8 Å². The second kappa shape index (κ2) is 8.67. The summed E-state index contributed by atoms with van der Waals surface area (Å²) >= 11 is 0. The highest BCUT2D eigenvalue weighted by Crippen LogP contribution is 2.39. The first-order valence-electron chi connectivity index (χ1n) is 11.0. The molecule has 164 valence electrons. The first kappa shape index (κ1) is 21.3. The molecule has 2 saturated heterocycles. The number of ether oxygens (including phenoxy) is 1. The minimum absolute atomic E-state index is 0.108. The molecule has 1 aromatic carbocycles. The highest BCUT2D eigenvalue weighted by molar-refractivity contribution is 7.89. The van der Waals surface area contributed by atoms with Crippen molar-refractivity contribution in [3.63, 3.8) is 0 Å². The van der Waals surface area contributed by atoms with Crippen molar-refractivity contribution < 1.29 is 22.7 Å². The summed E-state index contributed by atoms with van der Waals surface area (Å²) in [5.74, 6) is -0.347. The second-order valence-electron chi connectivity index (χ2n) is 8.56. The van der Waals surface area contributed by atoms with Crippen LogP contribution in [0.2, 0.25) is 0 Å². The van der Waals surface area contributed by atoms with Crippen molar-refractivity contribution in [1.29, 1.82) is 0 Å². The zero-order valence-corrected chi connectivity index (χ0v) is 18.3. The average molecular weight is 435 g/mol. The van der Waals surface area contributed by atoms with E-state index in [0.717, 1.165) is 51.4 Å². The van der Waals surface area contributed by atoms with Gasteiger partial charge < -0.3 is 4.74 Å². The number of fused-ring (bicyclic) bond motifs is 1. The van der Waals surface area contributed by atoms with E-state index < -0.39 is 10.0 Å². The Morgan fingerprint density at radius 2 is 1.53 bits per heavy atom. The van der Waals surface area contributed by atoms with Gasteiger partial charge >= 0.3 is 0 Å². The molecule has 3 aliphatic rings. The number of nitrogens with zero attached hydrogens (tertiary/aromatic N) is 2. The maximum Gasteiger partial charge on any atom is 0.246 e. The fourth-order valence-corrected chi connectivity index (χ4v) is 6.73. The molecule has 8 heteroatoms. The zero-order valence-electron chi connectivity index (χ0n) is 17.5. The Bertz CT molecular complexity index is 897. The largest absolute Gasteiger partial charge is 0.495 e. The van der Waals surface area contributed by atoms with Crippen molar-refractivity contribution in [2.24, 2.45) is 11.8 Å². The van der Waals surface area contributed by atoms with Crippen LogP contribution in [0.15, 0.2) is 23.1 Å². The summed E-state index contributed by atoms with van der Waals surface area (Å²) in [6.07, 6.45) is 7.26. The molecule has 1 aliphatic carbocycles. The van der Waals surface area contributed by atoms with Gasteiger partial charge in [-0.15, -0.1) is 0 Å². The predicted molar refractivity (Wildman–Crippen MR) is 111 cm³/mol. The molecule has 1 aromatic rings. The topological polar surface area (TPSA) is 84.0 Å². The summed E-state index contributed by atoms with van der Waals surface area (Å²) in [6.45, 7) is 1.11. The lowest BCUT2D eigenvalue weighted by atomic mass is 9.81. The van der Waals surface area contributed by atoms with Crippen molar-refractivity contribution in [3.8, 4) is 5.75 Å². The van der Waals surface area contributed by atoms with E-state index in [4.69, 9.17) is 4.74 Å². The number of likely N-dealkylation sites (tertiary alicyclic amines) is 1. The second-order valence-corrected chi connectivity index (χ2v) is 10.5. The van der Waals surface area contributed by atoms with Gasteiger partial charge in [-0.05, 0) is 43.4 Å². The van der Waals surface area contributed by atoms with E-state index in [1.165, 1.54) is 16.3 Å². The van der Waals surface area contributed by atoms with Gasteiger partial charge in [0.15, 0.2) is 0 Å². The zero-order chi connectivity index (χ0) is 21.3. The summed E-state index contributed by atoms with van der Waals surface area (Å²) in [5.41, 5.74) is 0.629. The van der Waals surface area contributed by atoms with Crippen LogP contribution in [0, 0.1) is 11.8 Å². The van der Waals surface area contributed by atoms with Gasteiger partial charge in [-0.25, -0.2) is 8.42 Å². The molecule has 30 heavy (non-hydrogen) atoms. The first-order valence-corrected chi connectivity index (χ1v) is 12.4. The molecule has 0 aromatic heterocycles. The van der Waals surface area contributed by atoms with Gasteiger partial charge in [0, 0.05) is 13.1 Å². The van der Waals surface area contributed by atoms with Crippen molar-refractivity contribution in [2.75, 3.05) is 20.2 Å². The van der Waals surface area contributed by atoms with E-state index in [2.05, 4.69) is 0 Å². The third-order valence-corrected chi connectivity index (χ3v) is 8.60. The van der Waals surface area contributed by atoms with Crippen LogP contribution < -0.4 is 4.74 Å². The van der Waals surface area contributed by atoms with Crippen LogP contribution in [0.1, 0.15) is 56.9 Å². The molecule has 0 unspecified atom stereocenters. The van der Waals surface area contributed by atoms with Gasteiger partial charge in [0.1, 0.15) is 10.6 Å². The number of rotatable bonds is 5. The molecule has 7 nitrogen and oxygen atoms in total. The molecule has 4 rings (SSSR count). The Balaban J connectivity index is 1.61. The predicted octanol–water partition coefficient (Wildman–Crippen LogP) is 2.94. The van der Waals surface area contributed by atoms with Gasteiger partial charge in [0.25, 0.3) is 0 Å². The number of methoxy groups -OCH3 is 1. The molecule has 0 N–H and O–H groups in total. The van der Waals surface area contributed by atoms with Gasteiger partial charge in [-0.3, -0.25) is 14.5 Å². The van der Waals surface area contributed by atoms with Crippen molar-refractivity contribution in [3.05, 3.63) is 23.8 Å². The van der Waals surface area contributed by atoms with Gasteiger partial charge in [0.2, 0.25) is 21.8 Å². The molecule has 2 amide bonds. The van der Waals surface area contributed by atoms with E-state index in [0.29, 0.717) is 18.7 Å². The molecule has 2 aliphatic heterocycles. The van der Waals surface area contributed by atoms with E-state index in [1.807, 2.05) is 0 Å². The van der Waals surface area contributed by atoms with Gasteiger partial charge in [-0.2, -0.15) is 4.31 Å². The Hall–Kier alpha value is -1.93. The van der Waals surface area contributed by atoms with Crippen LogP contribution in [0.25, 0.3) is 0 Å². The SMILES string of the molecule is COc1ccc(CN2C(=O)[C@H]3CCCC[C@@H]3C2=O)cc1S(=O)(=O)N1CCCCCC1. The summed E-state index contributed by atoms with van der Waals surface area (Å²) in [4.78, 5) is 27.0. The first-order chi connectivity index (χ1) is 14.4. The normalized spacial score (nSPS) is 25.8. The van der Waals surface area contributed by atoms with Crippen LogP contribution >= 0.6 is 0 Å². The smallest absolute Gasteiger partial charge is 0.246 e.